The SMILES string of the molecule is C=CC/C=C(\C)c1cc(C(=O)c2cc(C3=CCC(C)C(C(=C)C)=C3)cc(-c3cccc(/C(C=C)=C/C)c3)c2)cc(-c2cccc(C(=C)C=C)c2)c1. The van der Waals surface area contributed by atoms with E-state index in [4.69, 9.17) is 0 Å². The molecule has 1 heteroatoms. The lowest BCUT2D eigenvalue weighted by molar-refractivity contribution is 0.103. The molecule has 1 aliphatic carbocycles. The minimum atomic E-state index is -0.0327. The largest absolute Gasteiger partial charge is 0.289 e. The number of hydrogen-bond donors (Lipinski definition) is 0. The summed E-state index contributed by atoms with van der Waals surface area (Å²) >= 11 is 0. The molecule has 0 N–H and O–H groups in total. The first-order chi connectivity index (χ1) is 24.6. The van der Waals surface area contributed by atoms with Crippen LogP contribution in [0.4, 0.5) is 0 Å². The monoisotopic (exact) mass is 664 g/mol. The molecule has 1 unspecified atom stereocenters. The molecule has 51 heavy (non-hydrogen) atoms. The van der Waals surface area contributed by atoms with E-state index in [1.807, 2.05) is 55.5 Å². The van der Waals surface area contributed by atoms with Gasteiger partial charge in [0.1, 0.15) is 0 Å². The van der Waals surface area contributed by atoms with Crippen LogP contribution in [0.15, 0.2) is 172 Å². The van der Waals surface area contributed by atoms with Crippen LogP contribution in [0.5, 0.6) is 0 Å². The molecule has 254 valence electrons. The second-order valence-corrected chi connectivity index (χ2v) is 13.4. The predicted octanol–water partition coefficient (Wildman–Crippen LogP) is 13.9. The molecular weight excluding hydrogens is 617 g/mol. The van der Waals surface area contributed by atoms with E-state index < -0.39 is 0 Å². The molecule has 0 aliphatic heterocycles. The molecule has 1 atom stereocenters. The van der Waals surface area contributed by atoms with Gasteiger partial charge in [-0.2, -0.15) is 0 Å². The summed E-state index contributed by atoms with van der Waals surface area (Å²) in [4.78, 5) is 14.8. The molecule has 4 aromatic carbocycles. The van der Waals surface area contributed by atoms with Crippen molar-refractivity contribution in [2.45, 2.75) is 40.5 Å². The highest BCUT2D eigenvalue weighted by molar-refractivity contribution is 6.11. The van der Waals surface area contributed by atoms with E-state index in [2.05, 4.69) is 127 Å². The summed E-state index contributed by atoms with van der Waals surface area (Å²) in [6.07, 6.45) is 15.9. The van der Waals surface area contributed by atoms with Crippen molar-refractivity contribution in [2.24, 2.45) is 5.92 Å². The van der Waals surface area contributed by atoms with Crippen molar-refractivity contribution in [1.82, 2.24) is 0 Å². The molecule has 4 aromatic rings. The van der Waals surface area contributed by atoms with Gasteiger partial charge in [0.15, 0.2) is 5.78 Å². The lowest BCUT2D eigenvalue weighted by atomic mass is 9.83. The number of benzene rings is 4. The number of hydrogen-bond acceptors (Lipinski definition) is 1. The van der Waals surface area contributed by atoms with Gasteiger partial charge in [0.05, 0.1) is 0 Å². The van der Waals surface area contributed by atoms with E-state index in [0.29, 0.717) is 17.0 Å². The highest BCUT2D eigenvalue weighted by Gasteiger charge is 2.20. The fourth-order valence-electron chi connectivity index (χ4n) is 6.63. The van der Waals surface area contributed by atoms with Crippen LogP contribution in [0.3, 0.4) is 0 Å². The Morgan fingerprint density at radius 1 is 0.725 bits per heavy atom. The second kappa shape index (κ2) is 16.3. The number of carbonyl (C=O) groups is 1. The van der Waals surface area contributed by atoms with Crippen LogP contribution in [0, 0.1) is 5.92 Å². The quantitative estimate of drug-likeness (QED) is 0.0790. The number of carbonyl (C=O) groups excluding carboxylic acids is 1. The highest BCUT2D eigenvalue weighted by Crippen LogP contribution is 2.36. The van der Waals surface area contributed by atoms with Gasteiger partial charge in [0, 0.05) is 11.1 Å². The highest BCUT2D eigenvalue weighted by atomic mass is 16.1. The summed E-state index contributed by atoms with van der Waals surface area (Å²) in [5, 5.41) is 0. The number of rotatable bonds is 13. The van der Waals surface area contributed by atoms with Crippen LogP contribution in [0.25, 0.3) is 44.5 Å². The van der Waals surface area contributed by atoms with Gasteiger partial charge in [-0.3, -0.25) is 4.79 Å². The molecule has 0 radical (unpaired) electrons. The smallest absolute Gasteiger partial charge is 0.193 e. The molecular formula is C50H48O. The maximum absolute atomic E-state index is 14.8. The standard InChI is InChI=1S/C50H48O/c1-10-14-17-35(8)43-26-44(40-20-15-18-38(24-40)34(7)11-2)29-47(27-43)50(51)48-30-45(41-21-16-19-39(25-41)37(12-3)13-4)28-46(31-48)42-23-22-36(9)49(32-42)33(5)6/h10-13,15-21,23-32,36H,1-3,5,7,14,22H2,4,6,8-9H3/b35-17+,37-13+. The van der Waals surface area contributed by atoms with Gasteiger partial charge >= 0.3 is 0 Å². The summed E-state index contributed by atoms with van der Waals surface area (Å²) in [5.41, 5.74) is 15.8. The Kier molecular flexibility index (Phi) is 11.6. The van der Waals surface area contributed by atoms with Crippen molar-refractivity contribution in [2.75, 3.05) is 0 Å². The Labute approximate surface area is 305 Å². The Morgan fingerprint density at radius 3 is 1.94 bits per heavy atom. The van der Waals surface area contributed by atoms with Crippen molar-refractivity contribution < 1.29 is 4.79 Å². The van der Waals surface area contributed by atoms with Crippen molar-refractivity contribution in [3.8, 4) is 22.3 Å². The molecule has 0 bridgehead atoms. The topological polar surface area (TPSA) is 17.1 Å². The first kappa shape index (κ1) is 36.5. The van der Waals surface area contributed by atoms with Crippen LogP contribution in [0.1, 0.15) is 78.7 Å². The normalized spacial score (nSPS) is 14.6. The third kappa shape index (κ3) is 8.34. The fraction of sp³-hybridized carbons (Fsp3) is 0.140. The molecule has 1 aliphatic rings. The minimum Gasteiger partial charge on any atom is -0.289 e. The third-order valence-electron chi connectivity index (χ3n) is 9.67. The van der Waals surface area contributed by atoms with Gasteiger partial charge < -0.3 is 0 Å². The van der Waals surface area contributed by atoms with Crippen LogP contribution < -0.4 is 0 Å². The van der Waals surface area contributed by atoms with E-state index in [9.17, 15) is 4.79 Å². The van der Waals surface area contributed by atoms with Gasteiger partial charge in [-0.15, -0.1) is 6.58 Å². The number of ketones is 1. The van der Waals surface area contributed by atoms with Gasteiger partial charge in [-0.05, 0) is 160 Å². The molecule has 0 spiro atoms. The Bertz CT molecular complexity index is 2190. The predicted molar refractivity (Wildman–Crippen MR) is 223 cm³/mol. The zero-order valence-electron chi connectivity index (χ0n) is 30.6. The molecule has 5 rings (SSSR count). The molecule has 0 saturated carbocycles. The fourth-order valence-corrected chi connectivity index (χ4v) is 6.63. The molecule has 1 nitrogen and oxygen atoms in total. The lowest BCUT2D eigenvalue weighted by Gasteiger charge is -2.22. The van der Waals surface area contributed by atoms with Crippen molar-refractivity contribution in [3.63, 3.8) is 0 Å². The van der Waals surface area contributed by atoms with Crippen molar-refractivity contribution in [3.05, 3.63) is 205 Å². The van der Waals surface area contributed by atoms with Crippen molar-refractivity contribution >= 4 is 28.1 Å². The zero-order chi connectivity index (χ0) is 36.7. The van der Waals surface area contributed by atoms with E-state index in [1.54, 1.807) is 6.08 Å². The minimum absolute atomic E-state index is 0.0327. The van der Waals surface area contributed by atoms with E-state index in [0.717, 1.165) is 85.2 Å². The lowest BCUT2D eigenvalue weighted by Crippen LogP contribution is -2.07. The van der Waals surface area contributed by atoms with Gasteiger partial charge in [0.2, 0.25) is 0 Å². The summed E-state index contributed by atoms with van der Waals surface area (Å²) in [6, 6.07) is 29.2. The molecule has 0 heterocycles. The zero-order valence-corrected chi connectivity index (χ0v) is 30.6. The number of allylic oxidation sites excluding steroid dienone is 13. The average molecular weight is 665 g/mol. The molecule has 0 fully saturated rings. The first-order valence-corrected chi connectivity index (χ1v) is 17.6. The Hall–Kier alpha value is -5.79. The summed E-state index contributed by atoms with van der Waals surface area (Å²) < 4.78 is 0. The van der Waals surface area contributed by atoms with Crippen LogP contribution in [-0.4, -0.2) is 5.78 Å². The van der Waals surface area contributed by atoms with Crippen LogP contribution >= 0.6 is 0 Å². The first-order valence-electron chi connectivity index (χ1n) is 17.6. The second-order valence-electron chi connectivity index (χ2n) is 13.4. The van der Waals surface area contributed by atoms with Gasteiger partial charge in [-0.1, -0.05) is 118 Å². The average Bonchev–Trinajstić information content (AvgIpc) is 3.16. The molecule has 0 aromatic heterocycles. The van der Waals surface area contributed by atoms with E-state index in [1.165, 1.54) is 5.57 Å². The van der Waals surface area contributed by atoms with Crippen LogP contribution in [0.2, 0.25) is 0 Å². The van der Waals surface area contributed by atoms with Gasteiger partial charge in [0.25, 0.3) is 0 Å². The third-order valence-corrected chi connectivity index (χ3v) is 9.67. The van der Waals surface area contributed by atoms with Crippen molar-refractivity contribution in [1.29, 1.82) is 0 Å². The van der Waals surface area contributed by atoms with E-state index >= 15 is 0 Å². The summed E-state index contributed by atoms with van der Waals surface area (Å²) in [6.45, 7) is 28.6. The molecule has 0 saturated heterocycles. The Morgan fingerprint density at radius 2 is 1.31 bits per heavy atom. The maximum Gasteiger partial charge on any atom is 0.193 e. The summed E-state index contributed by atoms with van der Waals surface area (Å²) in [7, 11) is 0. The summed E-state index contributed by atoms with van der Waals surface area (Å²) in [5.74, 6) is 0.362. The Balaban J connectivity index is 1.72. The van der Waals surface area contributed by atoms with Crippen LogP contribution in [-0.2, 0) is 0 Å². The molecule has 0 amide bonds. The van der Waals surface area contributed by atoms with Gasteiger partial charge in [-0.25, -0.2) is 0 Å². The van der Waals surface area contributed by atoms with E-state index in [-0.39, 0.29) is 5.78 Å². The maximum atomic E-state index is 14.8.